The number of likely N-dealkylation sites (tertiary alicyclic amines) is 1. The molecule has 2 N–H and O–H groups in total. The Hall–Kier alpha value is -2.38. The van der Waals surface area contributed by atoms with Crippen LogP contribution < -0.4 is 10.6 Å². The van der Waals surface area contributed by atoms with Gasteiger partial charge in [-0.05, 0) is 45.2 Å². The predicted octanol–water partition coefficient (Wildman–Crippen LogP) is 2.02. The number of amides is 2. The number of aryl methyl sites for hydroxylation is 1. The summed E-state index contributed by atoms with van der Waals surface area (Å²) in [6, 6.07) is 7.46. The van der Waals surface area contributed by atoms with E-state index in [1.54, 1.807) is 6.20 Å². The highest BCUT2D eigenvalue weighted by Gasteiger charge is 2.32. The molecule has 134 valence electrons. The molecule has 25 heavy (non-hydrogen) atoms. The van der Waals surface area contributed by atoms with Crippen LogP contribution in [0.15, 0.2) is 36.7 Å². The lowest BCUT2D eigenvalue weighted by Crippen LogP contribution is -2.45. The van der Waals surface area contributed by atoms with Gasteiger partial charge in [-0.2, -0.15) is 0 Å². The van der Waals surface area contributed by atoms with Gasteiger partial charge in [0.25, 0.3) is 0 Å². The Morgan fingerprint density at radius 2 is 2.08 bits per heavy atom. The third-order valence-electron chi connectivity index (χ3n) is 4.38. The van der Waals surface area contributed by atoms with Gasteiger partial charge in [-0.3, -0.25) is 0 Å². The van der Waals surface area contributed by atoms with Gasteiger partial charge in [-0.1, -0.05) is 0 Å². The summed E-state index contributed by atoms with van der Waals surface area (Å²) in [6.45, 7) is 6.19. The number of anilines is 1. The Morgan fingerprint density at radius 3 is 2.72 bits per heavy atom. The van der Waals surface area contributed by atoms with Crippen molar-refractivity contribution >= 4 is 11.7 Å². The van der Waals surface area contributed by atoms with E-state index < -0.39 is 0 Å². The monoisotopic (exact) mass is 343 g/mol. The first kappa shape index (κ1) is 17.4. The van der Waals surface area contributed by atoms with E-state index in [1.807, 2.05) is 55.9 Å². The number of aromatic nitrogens is 2. The van der Waals surface area contributed by atoms with Crippen LogP contribution in [0.1, 0.15) is 12.7 Å². The first-order chi connectivity index (χ1) is 12.1. The number of benzene rings is 1. The summed E-state index contributed by atoms with van der Waals surface area (Å²) in [4.78, 5) is 18.7. The topological polar surface area (TPSA) is 71.4 Å². The van der Waals surface area contributed by atoms with Crippen LogP contribution in [0.2, 0.25) is 0 Å². The molecule has 0 unspecified atom stereocenters. The van der Waals surface area contributed by atoms with Crippen LogP contribution in [-0.4, -0.2) is 59.4 Å². The maximum absolute atomic E-state index is 12.3. The van der Waals surface area contributed by atoms with Gasteiger partial charge in [-0.25, -0.2) is 9.78 Å². The van der Waals surface area contributed by atoms with Crippen LogP contribution in [0, 0.1) is 6.92 Å². The van der Waals surface area contributed by atoms with Gasteiger partial charge in [0.1, 0.15) is 5.82 Å². The minimum atomic E-state index is -0.212. The summed E-state index contributed by atoms with van der Waals surface area (Å²) in [7, 11) is 2.03. The standard InChI is InChI=1S/C18H25N5O2/c1-4-25-17-12-22(3)11-16(17)21-18(24)20-14-5-7-15(8-6-14)23-10-9-19-13(23)2/h5-10,16-17H,4,11-12H2,1-3H3,(H2,20,21,24)/t16-,17-/m1/s1. The lowest BCUT2D eigenvalue weighted by atomic mass is 10.2. The Balaban J connectivity index is 1.58. The minimum absolute atomic E-state index is 0.00202. The first-order valence-electron chi connectivity index (χ1n) is 8.55. The zero-order valence-electron chi connectivity index (χ0n) is 14.9. The number of carbonyl (C=O) groups is 1. The zero-order valence-corrected chi connectivity index (χ0v) is 14.9. The molecule has 0 bridgehead atoms. The number of likely N-dealkylation sites (N-methyl/N-ethyl adjacent to an activating group) is 1. The molecule has 1 fully saturated rings. The van der Waals surface area contributed by atoms with Crippen LogP contribution in [0.3, 0.4) is 0 Å². The molecule has 1 aromatic heterocycles. The smallest absolute Gasteiger partial charge is 0.319 e. The van der Waals surface area contributed by atoms with Crippen LogP contribution in [0.4, 0.5) is 10.5 Å². The van der Waals surface area contributed by atoms with Crippen molar-refractivity contribution in [2.75, 3.05) is 32.1 Å². The maximum atomic E-state index is 12.3. The molecule has 1 aliphatic heterocycles. The molecule has 0 spiro atoms. The second-order valence-corrected chi connectivity index (χ2v) is 6.31. The fourth-order valence-electron chi connectivity index (χ4n) is 3.18. The number of urea groups is 1. The normalized spacial score (nSPS) is 20.6. The third kappa shape index (κ3) is 4.18. The quantitative estimate of drug-likeness (QED) is 0.871. The predicted molar refractivity (Wildman–Crippen MR) is 97.2 cm³/mol. The molecule has 0 aliphatic carbocycles. The van der Waals surface area contributed by atoms with Crippen molar-refractivity contribution in [2.24, 2.45) is 0 Å². The molecule has 1 aliphatic rings. The van der Waals surface area contributed by atoms with E-state index in [9.17, 15) is 4.79 Å². The highest BCUT2D eigenvalue weighted by atomic mass is 16.5. The molecule has 7 heteroatoms. The van der Waals surface area contributed by atoms with Crippen molar-refractivity contribution < 1.29 is 9.53 Å². The van der Waals surface area contributed by atoms with Crippen LogP contribution in [0.5, 0.6) is 0 Å². The van der Waals surface area contributed by atoms with Crippen LogP contribution in [-0.2, 0) is 4.74 Å². The second kappa shape index (κ2) is 7.67. The number of hydrogen-bond acceptors (Lipinski definition) is 4. The molecule has 2 aromatic rings. The van der Waals surface area contributed by atoms with E-state index in [2.05, 4.69) is 20.5 Å². The first-order valence-corrected chi connectivity index (χ1v) is 8.55. The molecular formula is C18H25N5O2. The van der Waals surface area contributed by atoms with Gasteiger partial charge in [0.05, 0.1) is 12.1 Å². The van der Waals surface area contributed by atoms with E-state index >= 15 is 0 Å². The van der Waals surface area contributed by atoms with Gasteiger partial charge in [0.15, 0.2) is 0 Å². The van der Waals surface area contributed by atoms with Crippen molar-refractivity contribution in [3.63, 3.8) is 0 Å². The maximum Gasteiger partial charge on any atom is 0.319 e. The molecule has 0 saturated carbocycles. The van der Waals surface area contributed by atoms with Crippen molar-refractivity contribution in [3.8, 4) is 5.69 Å². The number of nitrogens with one attached hydrogen (secondary N) is 2. The molecule has 2 heterocycles. The molecule has 3 rings (SSSR count). The minimum Gasteiger partial charge on any atom is -0.375 e. The number of rotatable bonds is 5. The van der Waals surface area contributed by atoms with Crippen molar-refractivity contribution in [2.45, 2.75) is 26.0 Å². The van der Waals surface area contributed by atoms with Crippen molar-refractivity contribution in [1.82, 2.24) is 19.8 Å². The molecular weight excluding hydrogens is 318 g/mol. The van der Waals surface area contributed by atoms with Gasteiger partial charge in [0.2, 0.25) is 0 Å². The number of carbonyl (C=O) groups excluding carboxylic acids is 1. The molecule has 1 saturated heterocycles. The summed E-state index contributed by atoms with van der Waals surface area (Å²) in [5.41, 5.74) is 1.76. The van der Waals surface area contributed by atoms with E-state index in [0.29, 0.717) is 6.61 Å². The fourth-order valence-corrected chi connectivity index (χ4v) is 3.18. The second-order valence-electron chi connectivity index (χ2n) is 6.31. The Labute approximate surface area is 148 Å². The summed E-state index contributed by atoms with van der Waals surface area (Å²) in [6.07, 6.45) is 3.71. The zero-order chi connectivity index (χ0) is 17.8. The molecule has 0 radical (unpaired) electrons. The molecule has 7 nitrogen and oxygen atoms in total. The third-order valence-corrected chi connectivity index (χ3v) is 4.38. The van der Waals surface area contributed by atoms with Crippen molar-refractivity contribution in [3.05, 3.63) is 42.5 Å². The van der Waals surface area contributed by atoms with Gasteiger partial charge in [0, 0.05) is 43.5 Å². The summed E-state index contributed by atoms with van der Waals surface area (Å²) in [5.74, 6) is 0.922. The lowest BCUT2D eigenvalue weighted by Gasteiger charge is -2.20. The molecule has 1 aromatic carbocycles. The number of ether oxygens (including phenoxy) is 1. The number of imidazole rings is 1. The SMILES string of the molecule is CCO[C@@H]1CN(C)C[C@H]1NC(=O)Nc1ccc(-n2ccnc2C)cc1. The van der Waals surface area contributed by atoms with E-state index in [-0.39, 0.29) is 18.2 Å². The summed E-state index contributed by atoms with van der Waals surface area (Å²) in [5, 5.41) is 5.90. The average molecular weight is 343 g/mol. The summed E-state index contributed by atoms with van der Waals surface area (Å²) < 4.78 is 7.70. The van der Waals surface area contributed by atoms with Crippen molar-refractivity contribution in [1.29, 1.82) is 0 Å². The molecule has 2 atom stereocenters. The highest BCUT2D eigenvalue weighted by Crippen LogP contribution is 2.16. The fraction of sp³-hybridized carbons (Fsp3) is 0.444. The Morgan fingerprint density at radius 1 is 1.32 bits per heavy atom. The highest BCUT2D eigenvalue weighted by molar-refractivity contribution is 5.89. The summed E-state index contributed by atoms with van der Waals surface area (Å²) >= 11 is 0. The lowest BCUT2D eigenvalue weighted by molar-refractivity contribution is 0.0568. The van der Waals surface area contributed by atoms with Gasteiger partial charge >= 0.3 is 6.03 Å². The average Bonchev–Trinajstić information content (AvgIpc) is 3.14. The van der Waals surface area contributed by atoms with Gasteiger partial charge in [-0.15, -0.1) is 0 Å². The number of hydrogen-bond donors (Lipinski definition) is 2. The van der Waals surface area contributed by atoms with Gasteiger partial charge < -0.3 is 24.8 Å². The van der Waals surface area contributed by atoms with Crippen LogP contribution in [0.25, 0.3) is 5.69 Å². The Bertz CT molecular complexity index is 713. The van der Waals surface area contributed by atoms with E-state index in [4.69, 9.17) is 4.74 Å². The van der Waals surface area contributed by atoms with E-state index in [1.165, 1.54) is 0 Å². The number of nitrogens with zero attached hydrogens (tertiary/aromatic N) is 3. The largest absolute Gasteiger partial charge is 0.375 e. The Kier molecular flexibility index (Phi) is 5.35. The van der Waals surface area contributed by atoms with E-state index in [0.717, 1.165) is 30.3 Å². The molecule has 2 amide bonds. The van der Waals surface area contributed by atoms with Crippen LogP contribution >= 0.6 is 0 Å².